The summed E-state index contributed by atoms with van der Waals surface area (Å²) in [6.45, 7) is 6.10. The maximum Gasteiger partial charge on any atom is 0.257 e. The maximum absolute atomic E-state index is 12.7. The van der Waals surface area contributed by atoms with Crippen LogP contribution in [0.3, 0.4) is 0 Å². The topological polar surface area (TPSA) is 41.6 Å². The number of para-hydroxylation sites is 1. The van der Waals surface area contributed by atoms with Crippen LogP contribution in [-0.2, 0) is 5.66 Å². The van der Waals surface area contributed by atoms with Gasteiger partial charge >= 0.3 is 0 Å². The number of carbonyl (C=O) groups excluding carboxylic acids is 1. The van der Waals surface area contributed by atoms with Crippen LogP contribution in [0.4, 0.5) is 5.69 Å². The summed E-state index contributed by atoms with van der Waals surface area (Å²) < 4.78 is 5.61. The molecule has 0 spiro atoms. The van der Waals surface area contributed by atoms with Crippen LogP contribution in [0.5, 0.6) is 5.75 Å². The Balaban J connectivity index is 2.01. The molecule has 1 heterocycles. The highest BCUT2D eigenvalue weighted by molar-refractivity contribution is 6.02. The van der Waals surface area contributed by atoms with Crippen molar-refractivity contribution in [3.63, 3.8) is 0 Å². The number of anilines is 1. The number of rotatable bonds is 4. The largest absolute Gasteiger partial charge is 0.490 e. The van der Waals surface area contributed by atoms with Gasteiger partial charge in [0.1, 0.15) is 18.0 Å². The molecular weight excluding hydrogens is 288 g/mol. The highest BCUT2D eigenvalue weighted by Gasteiger charge is 2.40. The molecule has 0 radical (unpaired) electrons. The molecule has 2 aromatic rings. The number of ether oxygens (including phenoxy) is 1. The number of nitrogens with zero attached hydrogens (tertiary/aromatic N) is 1. The summed E-state index contributed by atoms with van der Waals surface area (Å²) in [4.78, 5) is 14.4. The maximum atomic E-state index is 12.7. The average Bonchev–Trinajstić information content (AvgIpc) is 2.58. The van der Waals surface area contributed by atoms with Crippen LogP contribution in [0.15, 0.2) is 61.2 Å². The molecule has 1 unspecified atom stereocenters. The Morgan fingerprint density at radius 1 is 1.26 bits per heavy atom. The first-order valence-corrected chi connectivity index (χ1v) is 7.56. The van der Waals surface area contributed by atoms with Gasteiger partial charge in [-0.1, -0.05) is 36.9 Å². The highest BCUT2D eigenvalue weighted by atomic mass is 16.5. The number of benzene rings is 2. The van der Waals surface area contributed by atoms with Crippen molar-refractivity contribution in [2.24, 2.45) is 0 Å². The van der Waals surface area contributed by atoms with Gasteiger partial charge < -0.3 is 15.0 Å². The van der Waals surface area contributed by atoms with Crippen LogP contribution in [0.1, 0.15) is 22.8 Å². The van der Waals surface area contributed by atoms with Crippen molar-refractivity contribution < 1.29 is 9.53 Å². The lowest BCUT2D eigenvalue weighted by molar-refractivity contribution is 0.0615. The highest BCUT2D eigenvalue weighted by Crippen LogP contribution is 2.37. The summed E-state index contributed by atoms with van der Waals surface area (Å²) >= 11 is 0. The van der Waals surface area contributed by atoms with Gasteiger partial charge in [-0.05, 0) is 31.2 Å². The Hall–Kier alpha value is -2.75. The third kappa shape index (κ3) is 2.57. The quantitative estimate of drug-likeness (QED) is 0.877. The van der Waals surface area contributed by atoms with E-state index in [2.05, 4.69) is 11.9 Å². The Bertz CT molecular complexity index is 757. The minimum absolute atomic E-state index is 0.000682. The molecule has 1 atom stereocenters. The number of hydrogen-bond donors (Lipinski definition) is 1. The Labute approximate surface area is 136 Å². The van der Waals surface area contributed by atoms with Crippen molar-refractivity contribution >= 4 is 11.6 Å². The lowest BCUT2D eigenvalue weighted by Crippen LogP contribution is -2.53. The molecule has 1 amide bonds. The van der Waals surface area contributed by atoms with Crippen LogP contribution in [0.2, 0.25) is 0 Å². The first kappa shape index (κ1) is 15.2. The first-order valence-electron chi connectivity index (χ1n) is 7.56. The van der Waals surface area contributed by atoms with E-state index in [1.165, 1.54) is 0 Å². The van der Waals surface area contributed by atoms with Crippen LogP contribution in [0.25, 0.3) is 0 Å². The standard InChI is InChI=1S/C19H20N2O2/c1-4-12-23-15-9-7-8-14(13-15)19(2)20-17-11-6-5-10-16(17)18(22)21(19)3/h4-11,13,20H,1,12H2,2-3H3. The molecular formula is C19H20N2O2. The van der Waals surface area contributed by atoms with E-state index in [1.807, 2.05) is 62.5 Å². The van der Waals surface area contributed by atoms with Crippen LogP contribution < -0.4 is 10.1 Å². The molecule has 1 aliphatic rings. The summed E-state index contributed by atoms with van der Waals surface area (Å²) in [7, 11) is 1.81. The zero-order valence-corrected chi connectivity index (χ0v) is 13.4. The molecule has 0 aromatic heterocycles. The predicted octanol–water partition coefficient (Wildman–Crippen LogP) is 3.62. The lowest BCUT2D eigenvalue weighted by atomic mass is 9.94. The van der Waals surface area contributed by atoms with Crippen molar-refractivity contribution in [2.45, 2.75) is 12.6 Å². The molecule has 4 heteroatoms. The Morgan fingerprint density at radius 2 is 2.04 bits per heavy atom. The number of fused-ring (bicyclic) bond motifs is 1. The van der Waals surface area contributed by atoms with Crippen LogP contribution >= 0.6 is 0 Å². The number of amides is 1. The summed E-state index contributed by atoms with van der Waals surface area (Å²) in [5.41, 5.74) is 1.85. The van der Waals surface area contributed by atoms with Crippen molar-refractivity contribution in [3.05, 3.63) is 72.3 Å². The minimum Gasteiger partial charge on any atom is -0.490 e. The summed E-state index contributed by atoms with van der Waals surface area (Å²) in [5.74, 6) is 0.754. The molecule has 0 fully saturated rings. The van der Waals surface area contributed by atoms with Gasteiger partial charge in [0, 0.05) is 18.3 Å². The molecule has 0 saturated heterocycles. The van der Waals surface area contributed by atoms with E-state index < -0.39 is 5.66 Å². The average molecular weight is 308 g/mol. The van der Waals surface area contributed by atoms with Crippen molar-refractivity contribution in [1.29, 1.82) is 0 Å². The third-order valence-corrected chi connectivity index (χ3v) is 4.27. The summed E-state index contributed by atoms with van der Waals surface area (Å²) in [5, 5.41) is 3.48. The van der Waals surface area contributed by atoms with E-state index in [4.69, 9.17) is 4.74 Å². The van der Waals surface area contributed by atoms with Gasteiger partial charge in [-0.25, -0.2) is 0 Å². The zero-order chi connectivity index (χ0) is 16.4. The van der Waals surface area contributed by atoms with E-state index in [0.717, 1.165) is 17.0 Å². The fraction of sp³-hybridized carbons (Fsp3) is 0.211. The summed E-state index contributed by atoms with van der Waals surface area (Å²) in [6.07, 6.45) is 1.71. The fourth-order valence-corrected chi connectivity index (χ4v) is 2.82. The van der Waals surface area contributed by atoms with Gasteiger partial charge in [0.2, 0.25) is 0 Å². The second-order valence-electron chi connectivity index (χ2n) is 5.73. The minimum atomic E-state index is -0.640. The van der Waals surface area contributed by atoms with Crippen molar-refractivity contribution in [2.75, 3.05) is 19.0 Å². The molecule has 0 bridgehead atoms. The predicted molar refractivity (Wildman–Crippen MR) is 91.6 cm³/mol. The van der Waals surface area contributed by atoms with Gasteiger partial charge in [-0.15, -0.1) is 0 Å². The molecule has 3 rings (SSSR count). The Morgan fingerprint density at radius 3 is 2.83 bits per heavy atom. The SMILES string of the molecule is C=CCOc1cccc(C2(C)Nc3ccccc3C(=O)N2C)c1. The molecule has 2 aromatic carbocycles. The van der Waals surface area contributed by atoms with E-state index >= 15 is 0 Å². The van der Waals surface area contributed by atoms with E-state index in [0.29, 0.717) is 12.2 Å². The number of hydrogen-bond acceptors (Lipinski definition) is 3. The third-order valence-electron chi connectivity index (χ3n) is 4.27. The van der Waals surface area contributed by atoms with E-state index in [9.17, 15) is 4.79 Å². The monoisotopic (exact) mass is 308 g/mol. The van der Waals surface area contributed by atoms with Gasteiger partial charge in [-0.2, -0.15) is 0 Å². The normalized spacial score (nSPS) is 19.7. The fourth-order valence-electron chi connectivity index (χ4n) is 2.82. The van der Waals surface area contributed by atoms with Crippen LogP contribution in [0, 0.1) is 0 Å². The molecule has 0 aliphatic carbocycles. The van der Waals surface area contributed by atoms with Gasteiger partial charge in [0.25, 0.3) is 5.91 Å². The van der Waals surface area contributed by atoms with Gasteiger partial charge in [0.05, 0.1) is 5.56 Å². The number of carbonyl (C=O) groups is 1. The van der Waals surface area contributed by atoms with E-state index in [1.54, 1.807) is 11.0 Å². The second-order valence-corrected chi connectivity index (χ2v) is 5.73. The smallest absolute Gasteiger partial charge is 0.257 e. The van der Waals surface area contributed by atoms with Gasteiger partial charge in [-0.3, -0.25) is 4.79 Å². The molecule has 0 saturated carbocycles. The first-order chi connectivity index (χ1) is 11.1. The number of nitrogens with one attached hydrogen (secondary N) is 1. The molecule has 1 aliphatic heterocycles. The van der Waals surface area contributed by atoms with Crippen molar-refractivity contribution in [3.8, 4) is 5.75 Å². The van der Waals surface area contributed by atoms with Crippen LogP contribution in [-0.4, -0.2) is 24.5 Å². The molecule has 1 N–H and O–H groups in total. The van der Waals surface area contributed by atoms with E-state index in [-0.39, 0.29) is 5.91 Å². The lowest BCUT2D eigenvalue weighted by Gasteiger charge is -2.44. The Kier molecular flexibility index (Phi) is 3.82. The molecule has 23 heavy (non-hydrogen) atoms. The second kappa shape index (κ2) is 5.80. The molecule has 4 nitrogen and oxygen atoms in total. The summed E-state index contributed by atoms with van der Waals surface area (Å²) in [6, 6.07) is 15.3. The van der Waals surface area contributed by atoms with Crippen molar-refractivity contribution in [1.82, 2.24) is 4.90 Å². The zero-order valence-electron chi connectivity index (χ0n) is 13.4. The molecule has 118 valence electrons. The van der Waals surface area contributed by atoms with Gasteiger partial charge in [0.15, 0.2) is 0 Å².